The van der Waals surface area contributed by atoms with Crippen LogP contribution in [0.5, 0.6) is 0 Å². The summed E-state index contributed by atoms with van der Waals surface area (Å²) in [7, 11) is -0.0903. The normalized spacial score (nSPS) is 12.0. The van der Waals surface area contributed by atoms with E-state index in [2.05, 4.69) is 9.71 Å². The summed E-state index contributed by atoms with van der Waals surface area (Å²) in [6.45, 7) is 2.23. The molecule has 0 saturated carbocycles. The van der Waals surface area contributed by atoms with Crippen LogP contribution in [0.25, 0.3) is 0 Å². The van der Waals surface area contributed by atoms with Gasteiger partial charge in [-0.1, -0.05) is 11.6 Å². The molecule has 1 rings (SSSR count). The molecule has 1 N–H and O–H groups in total. The molecule has 0 aliphatic carbocycles. The highest BCUT2D eigenvalue weighted by molar-refractivity contribution is 7.89. The summed E-state index contributed by atoms with van der Waals surface area (Å²) in [4.78, 5) is 5.71. The van der Waals surface area contributed by atoms with Crippen LogP contribution in [0.3, 0.4) is 0 Å². The third kappa shape index (κ3) is 5.42. The van der Waals surface area contributed by atoms with Crippen molar-refractivity contribution in [1.29, 1.82) is 0 Å². The third-order valence-electron chi connectivity index (χ3n) is 2.48. The number of likely N-dealkylation sites (N-methyl/N-ethyl adjacent to an activating group) is 1. The molecule has 8 heteroatoms. The van der Waals surface area contributed by atoms with Crippen molar-refractivity contribution < 1.29 is 13.2 Å². The summed E-state index contributed by atoms with van der Waals surface area (Å²) >= 11 is 5.76. The molecular formula is C11H18ClN3O3S. The van der Waals surface area contributed by atoms with Crippen LogP contribution in [0, 0.1) is 0 Å². The average Bonchev–Trinajstić information content (AvgIpc) is 2.36. The van der Waals surface area contributed by atoms with Gasteiger partial charge in [-0.3, -0.25) is 0 Å². The molecule has 1 heterocycles. The highest BCUT2D eigenvalue weighted by Crippen LogP contribution is 2.16. The molecule has 6 nitrogen and oxygen atoms in total. The summed E-state index contributed by atoms with van der Waals surface area (Å²) in [6.07, 6.45) is 1.44. The molecule has 0 aromatic carbocycles. The molecule has 0 radical (unpaired) electrons. The highest BCUT2D eigenvalue weighted by Gasteiger charge is 2.17. The summed E-state index contributed by atoms with van der Waals surface area (Å²) < 4.78 is 31.4. The molecule has 108 valence electrons. The number of rotatable bonds is 8. The number of hydrogen-bond acceptors (Lipinski definition) is 5. The van der Waals surface area contributed by atoms with Gasteiger partial charge in [0, 0.05) is 32.9 Å². The second-order valence-electron chi connectivity index (χ2n) is 3.99. The fourth-order valence-electron chi connectivity index (χ4n) is 1.38. The van der Waals surface area contributed by atoms with Crippen LogP contribution in [-0.2, 0) is 14.8 Å². The standard InChI is InChI=1S/C11H18ClN3O3S/c1-15(8-9-18-2)7-6-14-19(16,17)10-4-3-5-13-11(10)12/h3-5,14H,6-9H2,1-2H3. The van der Waals surface area contributed by atoms with Gasteiger partial charge in [-0.15, -0.1) is 0 Å². The summed E-state index contributed by atoms with van der Waals surface area (Å²) in [5, 5.41) is -0.0252. The Balaban J connectivity index is 2.51. The molecular weight excluding hydrogens is 290 g/mol. The molecule has 0 saturated heterocycles. The van der Waals surface area contributed by atoms with Crippen LogP contribution in [0.4, 0.5) is 0 Å². The van der Waals surface area contributed by atoms with Crippen molar-refractivity contribution >= 4 is 21.6 Å². The summed E-state index contributed by atoms with van der Waals surface area (Å²) in [5.74, 6) is 0. The average molecular weight is 308 g/mol. The van der Waals surface area contributed by atoms with Gasteiger partial charge in [0.1, 0.15) is 10.0 Å². The number of hydrogen-bond donors (Lipinski definition) is 1. The van der Waals surface area contributed by atoms with Crippen molar-refractivity contribution in [2.45, 2.75) is 4.90 Å². The van der Waals surface area contributed by atoms with Crippen LogP contribution >= 0.6 is 11.6 Å². The smallest absolute Gasteiger partial charge is 0.243 e. The fourth-order valence-corrected chi connectivity index (χ4v) is 2.85. The SMILES string of the molecule is COCCN(C)CCNS(=O)(=O)c1cccnc1Cl. The lowest BCUT2D eigenvalue weighted by atomic mass is 10.5. The molecule has 0 amide bonds. The molecule has 19 heavy (non-hydrogen) atoms. The van der Waals surface area contributed by atoms with E-state index < -0.39 is 10.0 Å². The van der Waals surface area contributed by atoms with Gasteiger partial charge in [0.2, 0.25) is 10.0 Å². The Bertz CT molecular complexity index is 496. The van der Waals surface area contributed by atoms with Crippen molar-refractivity contribution in [1.82, 2.24) is 14.6 Å². The Morgan fingerprint density at radius 2 is 2.21 bits per heavy atom. The van der Waals surface area contributed by atoms with E-state index in [0.717, 1.165) is 6.54 Å². The van der Waals surface area contributed by atoms with Gasteiger partial charge >= 0.3 is 0 Å². The highest BCUT2D eigenvalue weighted by atomic mass is 35.5. The first kappa shape index (κ1) is 16.3. The van der Waals surface area contributed by atoms with Gasteiger partial charge in [-0.25, -0.2) is 18.1 Å². The summed E-state index contributed by atoms with van der Waals surface area (Å²) in [6, 6.07) is 2.96. The van der Waals surface area contributed by atoms with E-state index in [-0.39, 0.29) is 10.0 Å². The number of pyridine rings is 1. The van der Waals surface area contributed by atoms with Gasteiger partial charge in [0.25, 0.3) is 0 Å². The fraction of sp³-hybridized carbons (Fsp3) is 0.545. The van der Waals surface area contributed by atoms with Gasteiger partial charge in [-0.2, -0.15) is 0 Å². The molecule has 0 aliphatic heterocycles. The maximum Gasteiger partial charge on any atom is 0.243 e. The molecule has 0 spiro atoms. The van der Waals surface area contributed by atoms with E-state index in [1.165, 1.54) is 18.3 Å². The Labute approximate surface area is 118 Å². The predicted octanol–water partition coefficient (Wildman–Crippen LogP) is 0.592. The van der Waals surface area contributed by atoms with Crippen LogP contribution < -0.4 is 4.72 Å². The number of nitrogens with one attached hydrogen (secondary N) is 1. The maximum absolute atomic E-state index is 12.0. The van der Waals surface area contributed by atoms with Crippen LogP contribution in [0.15, 0.2) is 23.2 Å². The van der Waals surface area contributed by atoms with Gasteiger partial charge in [0.15, 0.2) is 0 Å². The van der Waals surface area contributed by atoms with Gasteiger partial charge in [0.05, 0.1) is 6.61 Å². The largest absolute Gasteiger partial charge is 0.383 e. The molecule has 0 unspecified atom stereocenters. The number of ether oxygens (including phenoxy) is 1. The molecule has 0 bridgehead atoms. The van der Waals surface area contributed by atoms with Crippen LogP contribution in [0.2, 0.25) is 5.15 Å². The van der Waals surface area contributed by atoms with Crippen molar-refractivity contribution in [3.8, 4) is 0 Å². The second kappa shape index (κ2) is 7.76. The van der Waals surface area contributed by atoms with E-state index in [0.29, 0.717) is 19.7 Å². The topological polar surface area (TPSA) is 71.5 Å². The Morgan fingerprint density at radius 3 is 2.84 bits per heavy atom. The number of halogens is 1. The van der Waals surface area contributed by atoms with E-state index in [4.69, 9.17) is 16.3 Å². The van der Waals surface area contributed by atoms with Crippen molar-refractivity contribution in [3.63, 3.8) is 0 Å². The second-order valence-corrected chi connectivity index (χ2v) is 6.08. The lowest BCUT2D eigenvalue weighted by molar-refractivity contribution is 0.162. The Kier molecular flexibility index (Phi) is 6.67. The zero-order chi connectivity index (χ0) is 14.3. The molecule has 0 aliphatic rings. The zero-order valence-corrected chi connectivity index (χ0v) is 12.5. The van der Waals surface area contributed by atoms with Crippen molar-refractivity contribution in [2.75, 3.05) is 40.4 Å². The quantitative estimate of drug-likeness (QED) is 0.712. The number of aromatic nitrogens is 1. The Morgan fingerprint density at radius 1 is 1.47 bits per heavy atom. The van der Waals surface area contributed by atoms with Gasteiger partial charge in [-0.05, 0) is 19.2 Å². The van der Waals surface area contributed by atoms with E-state index in [1.807, 2.05) is 11.9 Å². The minimum absolute atomic E-state index is 0.00351. The van der Waals surface area contributed by atoms with E-state index >= 15 is 0 Å². The molecule has 0 atom stereocenters. The van der Waals surface area contributed by atoms with E-state index in [9.17, 15) is 8.42 Å². The Hall–Kier alpha value is -0.730. The monoisotopic (exact) mass is 307 g/mol. The zero-order valence-electron chi connectivity index (χ0n) is 11.0. The summed E-state index contributed by atoms with van der Waals surface area (Å²) in [5.41, 5.74) is 0. The third-order valence-corrected chi connectivity index (χ3v) is 4.38. The van der Waals surface area contributed by atoms with Crippen molar-refractivity contribution in [3.05, 3.63) is 23.5 Å². The van der Waals surface area contributed by atoms with Crippen LogP contribution in [0.1, 0.15) is 0 Å². The minimum Gasteiger partial charge on any atom is -0.383 e. The number of sulfonamides is 1. The first-order valence-electron chi connectivity index (χ1n) is 5.75. The maximum atomic E-state index is 12.0. The molecule has 1 aromatic heterocycles. The number of nitrogens with zero attached hydrogens (tertiary/aromatic N) is 2. The molecule has 1 aromatic rings. The number of methoxy groups -OCH3 is 1. The lowest BCUT2D eigenvalue weighted by Crippen LogP contribution is -2.34. The lowest BCUT2D eigenvalue weighted by Gasteiger charge is -2.16. The molecule has 0 fully saturated rings. The first-order chi connectivity index (χ1) is 8.97. The minimum atomic E-state index is -3.61. The van der Waals surface area contributed by atoms with E-state index in [1.54, 1.807) is 7.11 Å². The van der Waals surface area contributed by atoms with Crippen molar-refractivity contribution in [2.24, 2.45) is 0 Å². The van der Waals surface area contributed by atoms with Gasteiger partial charge < -0.3 is 9.64 Å². The van der Waals surface area contributed by atoms with Crippen LogP contribution in [-0.4, -0.2) is 58.7 Å². The first-order valence-corrected chi connectivity index (χ1v) is 7.61. The predicted molar refractivity (Wildman–Crippen MR) is 73.8 cm³/mol.